The standard InChI is InChI=1S/C16H20N4/c17-20-16(19-12-6-2-1-3-7-12)14-10-11-18-15-9-5-4-8-13(14)15/h4-5,8-12H,1-3,6-7,17H2,(H,19,20). The van der Waals surface area contributed by atoms with Crippen molar-refractivity contribution in [3.8, 4) is 0 Å². The summed E-state index contributed by atoms with van der Waals surface area (Å²) in [6.45, 7) is 0. The van der Waals surface area contributed by atoms with Crippen LogP contribution in [0.5, 0.6) is 0 Å². The predicted molar refractivity (Wildman–Crippen MR) is 82.5 cm³/mol. The lowest BCUT2D eigenvalue weighted by Crippen LogP contribution is -2.33. The highest BCUT2D eigenvalue weighted by Crippen LogP contribution is 2.22. The quantitative estimate of drug-likeness (QED) is 0.381. The molecule has 0 aliphatic heterocycles. The lowest BCUT2D eigenvalue weighted by Gasteiger charge is -2.19. The van der Waals surface area contributed by atoms with Crippen molar-refractivity contribution in [1.82, 2.24) is 10.4 Å². The van der Waals surface area contributed by atoms with Gasteiger partial charge in [-0.2, -0.15) is 0 Å². The molecule has 20 heavy (non-hydrogen) atoms. The van der Waals surface area contributed by atoms with E-state index in [1.54, 1.807) is 0 Å². The topological polar surface area (TPSA) is 63.3 Å². The van der Waals surface area contributed by atoms with E-state index >= 15 is 0 Å². The molecule has 0 radical (unpaired) electrons. The minimum Gasteiger partial charge on any atom is -0.308 e. The summed E-state index contributed by atoms with van der Waals surface area (Å²) in [5.41, 5.74) is 4.78. The molecule has 1 aliphatic carbocycles. The monoisotopic (exact) mass is 268 g/mol. The molecule has 4 heteroatoms. The lowest BCUT2D eigenvalue weighted by atomic mass is 9.96. The van der Waals surface area contributed by atoms with Gasteiger partial charge in [0, 0.05) is 17.1 Å². The van der Waals surface area contributed by atoms with Crippen molar-refractivity contribution in [2.75, 3.05) is 0 Å². The molecule has 0 bridgehead atoms. The van der Waals surface area contributed by atoms with E-state index in [2.05, 4.69) is 16.5 Å². The zero-order chi connectivity index (χ0) is 13.8. The van der Waals surface area contributed by atoms with Crippen LogP contribution in [-0.2, 0) is 0 Å². The number of amidine groups is 1. The Morgan fingerprint density at radius 1 is 1.15 bits per heavy atom. The third kappa shape index (κ3) is 2.65. The van der Waals surface area contributed by atoms with Gasteiger partial charge >= 0.3 is 0 Å². The SMILES string of the molecule is NNC(=NC1CCCCC1)c1ccnc2ccccc12. The summed E-state index contributed by atoms with van der Waals surface area (Å²) in [7, 11) is 0. The normalized spacial score (nSPS) is 17.4. The second-order valence-corrected chi connectivity index (χ2v) is 5.29. The fraction of sp³-hybridized carbons (Fsp3) is 0.375. The Bertz CT molecular complexity index is 609. The van der Waals surface area contributed by atoms with Crippen molar-refractivity contribution in [3.05, 3.63) is 42.1 Å². The van der Waals surface area contributed by atoms with Gasteiger partial charge in [-0.25, -0.2) is 5.84 Å². The highest BCUT2D eigenvalue weighted by Gasteiger charge is 2.14. The molecule has 1 aliphatic rings. The van der Waals surface area contributed by atoms with Gasteiger partial charge in [-0.05, 0) is 25.0 Å². The van der Waals surface area contributed by atoms with Crippen LogP contribution >= 0.6 is 0 Å². The van der Waals surface area contributed by atoms with Gasteiger partial charge in [0.1, 0.15) is 5.84 Å². The number of hydrazine groups is 1. The molecular weight excluding hydrogens is 248 g/mol. The number of hydrogen-bond donors (Lipinski definition) is 2. The van der Waals surface area contributed by atoms with Gasteiger partial charge in [-0.3, -0.25) is 9.98 Å². The number of benzene rings is 1. The second kappa shape index (κ2) is 6.01. The first-order valence-electron chi connectivity index (χ1n) is 7.27. The molecular formula is C16H20N4. The van der Waals surface area contributed by atoms with Crippen LogP contribution < -0.4 is 11.3 Å². The maximum Gasteiger partial charge on any atom is 0.143 e. The molecule has 0 amide bonds. The first-order chi connectivity index (χ1) is 9.88. The van der Waals surface area contributed by atoms with Crippen LogP contribution in [0.25, 0.3) is 10.9 Å². The first-order valence-corrected chi connectivity index (χ1v) is 7.27. The Balaban J connectivity index is 2.00. The molecule has 104 valence electrons. The summed E-state index contributed by atoms with van der Waals surface area (Å²) in [6, 6.07) is 10.4. The summed E-state index contributed by atoms with van der Waals surface area (Å²) < 4.78 is 0. The maximum atomic E-state index is 5.71. The average Bonchev–Trinajstić information content (AvgIpc) is 2.53. The van der Waals surface area contributed by atoms with Crippen LogP contribution in [0.15, 0.2) is 41.5 Å². The van der Waals surface area contributed by atoms with Gasteiger partial charge < -0.3 is 5.43 Å². The molecule has 1 aromatic heterocycles. The van der Waals surface area contributed by atoms with E-state index in [-0.39, 0.29) is 0 Å². The Kier molecular flexibility index (Phi) is 3.92. The predicted octanol–water partition coefficient (Wildman–Crippen LogP) is 2.78. The van der Waals surface area contributed by atoms with Crippen LogP contribution in [0.2, 0.25) is 0 Å². The van der Waals surface area contributed by atoms with Crippen LogP contribution in [0.4, 0.5) is 0 Å². The molecule has 0 unspecified atom stereocenters. The molecule has 1 fully saturated rings. The summed E-state index contributed by atoms with van der Waals surface area (Å²) in [4.78, 5) is 9.21. The van der Waals surface area contributed by atoms with E-state index < -0.39 is 0 Å². The number of hydrogen-bond acceptors (Lipinski definition) is 3. The molecule has 0 atom stereocenters. The van der Waals surface area contributed by atoms with E-state index in [1.165, 1.54) is 19.3 Å². The molecule has 3 rings (SSSR count). The molecule has 0 spiro atoms. The van der Waals surface area contributed by atoms with E-state index in [9.17, 15) is 0 Å². The van der Waals surface area contributed by atoms with Crippen molar-refractivity contribution >= 4 is 16.7 Å². The zero-order valence-electron chi connectivity index (χ0n) is 11.5. The molecule has 3 N–H and O–H groups in total. The number of rotatable bonds is 2. The third-order valence-electron chi connectivity index (χ3n) is 3.93. The van der Waals surface area contributed by atoms with Crippen LogP contribution in [0.1, 0.15) is 37.7 Å². The van der Waals surface area contributed by atoms with Gasteiger partial charge in [-0.15, -0.1) is 0 Å². The first kappa shape index (κ1) is 13.1. The summed E-state index contributed by atoms with van der Waals surface area (Å²) in [6.07, 6.45) is 8.00. The number of nitrogens with one attached hydrogen (secondary N) is 1. The van der Waals surface area contributed by atoms with Gasteiger partial charge in [0.2, 0.25) is 0 Å². The van der Waals surface area contributed by atoms with E-state index in [0.717, 1.165) is 35.1 Å². The fourth-order valence-electron chi connectivity index (χ4n) is 2.88. The molecule has 1 saturated carbocycles. The van der Waals surface area contributed by atoms with Crippen LogP contribution in [-0.4, -0.2) is 16.9 Å². The van der Waals surface area contributed by atoms with Crippen molar-refractivity contribution < 1.29 is 0 Å². The average molecular weight is 268 g/mol. The molecule has 4 nitrogen and oxygen atoms in total. The van der Waals surface area contributed by atoms with Gasteiger partial charge in [0.25, 0.3) is 0 Å². The molecule has 2 aromatic rings. The number of para-hydroxylation sites is 1. The Morgan fingerprint density at radius 2 is 1.95 bits per heavy atom. The van der Waals surface area contributed by atoms with Crippen molar-refractivity contribution in [2.45, 2.75) is 38.1 Å². The Morgan fingerprint density at radius 3 is 2.75 bits per heavy atom. The number of aromatic nitrogens is 1. The van der Waals surface area contributed by atoms with E-state index in [1.807, 2.05) is 30.5 Å². The Labute approximate surface area is 119 Å². The van der Waals surface area contributed by atoms with Gasteiger partial charge in [0.15, 0.2) is 0 Å². The Hall–Kier alpha value is -1.94. The minimum absolute atomic E-state index is 0.390. The fourth-order valence-corrected chi connectivity index (χ4v) is 2.88. The van der Waals surface area contributed by atoms with Gasteiger partial charge in [-0.1, -0.05) is 37.5 Å². The zero-order valence-corrected chi connectivity index (χ0v) is 11.5. The largest absolute Gasteiger partial charge is 0.308 e. The van der Waals surface area contributed by atoms with Crippen molar-refractivity contribution in [2.24, 2.45) is 10.8 Å². The molecule has 1 heterocycles. The van der Waals surface area contributed by atoms with Crippen LogP contribution in [0, 0.1) is 0 Å². The number of nitrogens with zero attached hydrogens (tertiary/aromatic N) is 2. The number of nitrogens with two attached hydrogens (primary N) is 1. The molecule has 0 saturated heterocycles. The lowest BCUT2D eigenvalue weighted by molar-refractivity contribution is 0.442. The number of pyridine rings is 1. The van der Waals surface area contributed by atoms with Crippen molar-refractivity contribution in [3.63, 3.8) is 0 Å². The highest BCUT2D eigenvalue weighted by molar-refractivity contribution is 6.08. The van der Waals surface area contributed by atoms with Gasteiger partial charge in [0.05, 0.1) is 11.6 Å². The number of aliphatic imine (C=N–C) groups is 1. The summed E-state index contributed by atoms with van der Waals surface area (Å²) >= 11 is 0. The summed E-state index contributed by atoms with van der Waals surface area (Å²) in [5.74, 6) is 6.49. The van der Waals surface area contributed by atoms with Crippen molar-refractivity contribution in [1.29, 1.82) is 0 Å². The van der Waals surface area contributed by atoms with E-state index in [4.69, 9.17) is 10.8 Å². The van der Waals surface area contributed by atoms with E-state index in [0.29, 0.717) is 6.04 Å². The minimum atomic E-state index is 0.390. The maximum absolute atomic E-state index is 5.71. The summed E-state index contributed by atoms with van der Waals surface area (Å²) in [5, 5.41) is 1.09. The third-order valence-corrected chi connectivity index (χ3v) is 3.93. The molecule has 1 aromatic carbocycles. The highest BCUT2D eigenvalue weighted by atomic mass is 15.3. The van der Waals surface area contributed by atoms with Crippen LogP contribution in [0.3, 0.4) is 0 Å². The second-order valence-electron chi connectivity index (χ2n) is 5.29. The number of fused-ring (bicyclic) bond motifs is 1. The smallest absolute Gasteiger partial charge is 0.143 e.